The number of aromatic nitrogens is 4. The molecule has 5 nitrogen and oxygen atoms in total. The molecule has 0 amide bonds. The van der Waals surface area contributed by atoms with Crippen molar-refractivity contribution in [1.82, 2.24) is 19.5 Å². The Morgan fingerprint density at radius 3 is 2.85 bits per heavy atom. The molecule has 5 heteroatoms. The Morgan fingerprint density at radius 2 is 2.05 bits per heavy atom. The summed E-state index contributed by atoms with van der Waals surface area (Å²) in [6.45, 7) is 0. The van der Waals surface area contributed by atoms with Crippen molar-refractivity contribution in [2.75, 3.05) is 0 Å². The number of hydrogen-bond acceptors (Lipinski definition) is 4. The van der Waals surface area contributed by atoms with E-state index < -0.39 is 0 Å². The lowest BCUT2D eigenvalue weighted by atomic mass is 10.1. The monoisotopic (exact) mass is 265 g/mol. The van der Waals surface area contributed by atoms with Crippen LogP contribution in [0.25, 0.3) is 22.3 Å². The first-order valence-electron chi connectivity index (χ1n) is 6.70. The lowest BCUT2D eigenvalue weighted by Gasteiger charge is -2.08. The summed E-state index contributed by atoms with van der Waals surface area (Å²) in [6, 6.07) is 8.10. The Balaban J connectivity index is 1.82. The van der Waals surface area contributed by atoms with Crippen LogP contribution >= 0.6 is 0 Å². The molecule has 0 aliphatic heterocycles. The zero-order chi connectivity index (χ0) is 13.7. The molecule has 2 N–H and O–H groups in total. The number of imidazole rings is 1. The summed E-state index contributed by atoms with van der Waals surface area (Å²) in [5, 5.41) is 0. The van der Waals surface area contributed by atoms with Crippen molar-refractivity contribution >= 4 is 11.0 Å². The summed E-state index contributed by atoms with van der Waals surface area (Å²) < 4.78 is 2.00. The Bertz CT molecular complexity index is 801. The van der Waals surface area contributed by atoms with Gasteiger partial charge in [-0.2, -0.15) is 0 Å². The van der Waals surface area contributed by atoms with Crippen LogP contribution in [0, 0.1) is 0 Å². The Kier molecular flexibility index (Phi) is 2.23. The molecule has 1 aromatic carbocycles. The molecule has 1 aliphatic rings. The van der Waals surface area contributed by atoms with E-state index in [1.54, 1.807) is 6.20 Å². The van der Waals surface area contributed by atoms with E-state index in [2.05, 4.69) is 33.2 Å². The SMILES string of the molecule is Cn1cnc2cc(-c3ccnc(C4(N)CC4)n3)ccc21. The fraction of sp³-hybridized carbons (Fsp3) is 0.267. The molecule has 20 heavy (non-hydrogen) atoms. The van der Waals surface area contributed by atoms with Crippen LogP contribution in [0.15, 0.2) is 36.8 Å². The molecule has 0 unspecified atom stereocenters. The van der Waals surface area contributed by atoms with Gasteiger partial charge in [-0.3, -0.25) is 0 Å². The van der Waals surface area contributed by atoms with Gasteiger partial charge < -0.3 is 10.3 Å². The van der Waals surface area contributed by atoms with Gasteiger partial charge in [0.25, 0.3) is 0 Å². The molecule has 2 heterocycles. The average Bonchev–Trinajstić information content (AvgIpc) is 3.13. The van der Waals surface area contributed by atoms with Crippen LogP contribution in [0.1, 0.15) is 18.7 Å². The predicted octanol–water partition coefficient (Wildman–Crippen LogP) is 1.98. The predicted molar refractivity (Wildman–Crippen MR) is 76.8 cm³/mol. The molecule has 3 aromatic rings. The minimum atomic E-state index is -0.300. The molecule has 100 valence electrons. The zero-order valence-corrected chi connectivity index (χ0v) is 11.2. The third kappa shape index (κ3) is 1.71. The molecule has 1 saturated carbocycles. The normalized spacial score (nSPS) is 16.5. The van der Waals surface area contributed by atoms with Gasteiger partial charge in [0.05, 0.1) is 28.6 Å². The van der Waals surface area contributed by atoms with Gasteiger partial charge in [-0.15, -0.1) is 0 Å². The minimum absolute atomic E-state index is 0.300. The van der Waals surface area contributed by atoms with Crippen LogP contribution in [0.3, 0.4) is 0 Å². The van der Waals surface area contributed by atoms with Crippen molar-refractivity contribution in [1.29, 1.82) is 0 Å². The summed E-state index contributed by atoms with van der Waals surface area (Å²) in [5.74, 6) is 0.746. The lowest BCUT2D eigenvalue weighted by Crippen LogP contribution is -2.22. The van der Waals surface area contributed by atoms with Crippen LogP contribution in [0.5, 0.6) is 0 Å². The molecule has 0 atom stereocenters. The maximum absolute atomic E-state index is 6.17. The van der Waals surface area contributed by atoms with Gasteiger partial charge in [0, 0.05) is 18.8 Å². The van der Waals surface area contributed by atoms with Crippen molar-refractivity contribution < 1.29 is 0 Å². The summed E-state index contributed by atoms with van der Waals surface area (Å²) >= 11 is 0. The van der Waals surface area contributed by atoms with Crippen LogP contribution in [0.2, 0.25) is 0 Å². The number of nitrogens with two attached hydrogens (primary N) is 1. The van der Waals surface area contributed by atoms with Gasteiger partial charge >= 0.3 is 0 Å². The average molecular weight is 265 g/mol. The van der Waals surface area contributed by atoms with Crippen LogP contribution in [0.4, 0.5) is 0 Å². The second kappa shape index (κ2) is 3.86. The number of aryl methyl sites for hydroxylation is 1. The van der Waals surface area contributed by atoms with Gasteiger partial charge in [-0.1, -0.05) is 6.07 Å². The largest absolute Gasteiger partial charge is 0.334 e. The smallest absolute Gasteiger partial charge is 0.148 e. The third-order valence-corrected chi connectivity index (χ3v) is 3.91. The molecule has 0 spiro atoms. The Hall–Kier alpha value is -2.27. The van der Waals surface area contributed by atoms with Crippen LogP contribution in [-0.2, 0) is 12.6 Å². The van der Waals surface area contributed by atoms with E-state index in [4.69, 9.17) is 5.73 Å². The fourth-order valence-corrected chi connectivity index (χ4v) is 2.41. The molecule has 0 radical (unpaired) electrons. The zero-order valence-electron chi connectivity index (χ0n) is 11.2. The molecule has 1 fully saturated rings. The van der Waals surface area contributed by atoms with Crippen molar-refractivity contribution in [2.24, 2.45) is 12.8 Å². The lowest BCUT2D eigenvalue weighted by molar-refractivity contribution is 0.673. The Morgan fingerprint density at radius 1 is 1.20 bits per heavy atom. The summed E-state index contributed by atoms with van der Waals surface area (Å²) in [6.07, 6.45) is 5.54. The molecular weight excluding hydrogens is 250 g/mol. The summed E-state index contributed by atoms with van der Waals surface area (Å²) in [5.41, 5.74) is 9.90. The van der Waals surface area contributed by atoms with E-state index in [-0.39, 0.29) is 5.54 Å². The molecule has 0 bridgehead atoms. The molecular formula is C15H15N5. The second-order valence-corrected chi connectivity index (χ2v) is 5.48. The van der Waals surface area contributed by atoms with Crippen LogP contribution < -0.4 is 5.73 Å². The van der Waals surface area contributed by atoms with Crippen molar-refractivity contribution in [2.45, 2.75) is 18.4 Å². The summed E-state index contributed by atoms with van der Waals surface area (Å²) in [7, 11) is 1.99. The molecule has 4 rings (SSSR count). The highest BCUT2D eigenvalue weighted by Crippen LogP contribution is 2.41. The molecule has 2 aromatic heterocycles. The van der Waals surface area contributed by atoms with Gasteiger partial charge in [0.15, 0.2) is 0 Å². The maximum atomic E-state index is 6.17. The number of nitrogens with zero attached hydrogens (tertiary/aromatic N) is 4. The van der Waals surface area contributed by atoms with E-state index in [0.717, 1.165) is 41.0 Å². The van der Waals surface area contributed by atoms with Gasteiger partial charge in [0.2, 0.25) is 0 Å². The highest BCUT2D eigenvalue weighted by atomic mass is 15.0. The number of hydrogen-bond donors (Lipinski definition) is 1. The topological polar surface area (TPSA) is 69.6 Å². The van der Waals surface area contributed by atoms with E-state index >= 15 is 0 Å². The highest BCUT2D eigenvalue weighted by molar-refractivity contribution is 5.81. The standard InChI is InChI=1S/C15H15N5/c1-20-9-18-12-8-10(2-3-13(12)20)11-4-7-17-14(19-11)15(16)5-6-15/h2-4,7-9H,5-6,16H2,1H3. The first-order valence-corrected chi connectivity index (χ1v) is 6.70. The number of benzene rings is 1. The van der Waals surface area contributed by atoms with E-state index in [0.29, 0.717) is 0 Å². The Labute approximate surface area is 116 Å². The van der Waals surface area contributed by atoms with Gasteiger partial charge in [-0.25, -0.2) is 15.0 Å². The van der Waals surface area contributed by atoms with Crippen molar-refractivity contribution in [3.05, 3.63) is 42.6 Å². The van der Waals surface area contributed by atoms with Crippen LogP contribution in [-0.4, -0.2) is 19.5 Å². The minimum Gasteiger partial charge on any atom is -0.334 e. The van der Waals surface area contributed by atoms with E-state index in [9.17, 15) is 0 Å². The van der Waals surface area contributed by atoms with Crippen molar-refractivity contribution in [3.63, 3.8) is 0 Å². The van der Waals surface area contributed by atoms with E-state index in [1.165, 1.54) is 0 Å². The molecule has 0 saturated heterocycles. The van der Waals surface area contributed by atoms with E-state index in [1.807, 2.05) is 24.0 Å². The summed E-state index contributed by atoms with van der Waals surface area (Å²) in [4.78, 5) is 13.3. The first-order chi connectivity index (χ1) is 9.66. The second-order valence-electron chi connectivity index (χ2n) is 5.48. The van der Waals surface area contributed by atoms with Gasteiger partial charge in [-0.05, 0) is 31.0 Å². The van der Waals surface area contributed by atoms with Gasteiger partial charge in [0.1, 0.15) is 5.82 Å². The number of rotatable bonds is 2. The highest BCUT2D eigenvalue weighted by Gasteiger charge is 2.43. The van der Waals surface area contributed by atoms with Crippen molar-refractivity contribution in [3.8, 4) is 11.3 Å². The first kappa shape index (κ1) is 11.5. The molecule has 1 aliphatic carbocycles. The quantitative estimate of drug-likeness (QED) is 0.769. The third-order valence-electron chi connectivity index (χ3n) is 3.91. The number of fused-ring (bicyclic) bond motifs is 1. The fourth-order valence-electron chi connectivity index (χ4n) is 2.41. The maximum Gasteiger partial charge on any atom is 0.148 e.